The number of nitrogens with one attached hydrogen (secondary N) is 1. The van der Waals surface area contributed by atoms with Crippen LogP contribution in [0.15, 0.2) is 42.5 Å². The number of alkyl halides is 3. The van der Waals surface area contributed by atoms with Crippen LogP contribution in [-0.4, -0.2) is 85.4 Å². The molecule has 1 atom stereocenters. The fraction of sp³-hybridized carbons (Fsp3) is 0.553. The number of hydrogen-bond acceptors (Lipinski definition) is 8. The molecule has 0 saturated carbocycles. The van der Waals surface area contributed by atoms with Gasteiger partial charge in [0.25, 0.3) is 5.91 Å². The van der Waals surface area contributed by atoms with E-state index in [1.807, 2.05) is 45.0 Å². The minimum absolute atomic E-state index is 0.0436. The van der Waals surface area contributed by atoms with Gasteiger partial charge < -0.3 is 30.3 Å². The van der Waals surface area contributed by atoms with Gasteiger partial charge in [0.05, 0.1) is 29.5 Å². The quantitative estimate of drug-likeness (QED) is 0.178. The number of rotatable bonds is 15. The Balaban J connectivity index is 1.18. The number of halogens is 3. The van der Waals surface area contributed by atoms with E-state index in [4.69, 9.17) is 27.4 Å². The Bertz CT molecular complexity index is 1680. The number of primary amides is 1. The minimum Gasteiger partial charge on any atom is -0.380 e. The Labute approximate surface area is 314 Å². The van der Waals surface area contributed by atoms with E-state index in [0.29, 0.717) is 31.4 Å². The number of ether oxygens (including phenoxy) is 2. The maximum Gasteiger partial charge on any atom is 0.417 e. The van der Waals surface area contributed by atoms with E-state index in [1.165, 1.54) is 11.6 Å². The Hall–Kier alpha value is -4.10. The number of amides is 3. The van der Waals surface area contributed by atoms with Crippen molar-refractivity contribution < 1.29 is 37.0 Å². The molecule has 2 saturated heterocycles. The standard InChI is InChI=1S/C38H49F3N6O5S/c1-36(2,3)32(33(43)49)44-31(48)24-52-20-7-6-19-51-21-18-45-16-14-26(15-17-45)25-8-11-28(12-9-25)47-35(53)46(34(50)37(47,4)5)29-13-10-27(23-42)30(22-29)38(39,40)41/h8-13,22,26,32H,6-7,14-21,24H2,1-5H3,(H2,43,49)(H,44,48)/t32-/m1/s1. The lowest BCUT2D eigenvalue weighted by Crippen LogP contribution is -2.52. The number of carbonyl (C=O) groups excluding carboxylic acids is 3. The van der Waals surface area contributed by atoms with Crippen molar-refractivity contribution in [2.45, 2.75) is 84.0 Å². The fourth-order valence-electron chi connectivity index (χ4n) is 6.63. The van der Waals surface area contributed by atoms with Crippen molar-refractivity contribution in [2.24, 2.45) is 11.1 Å². The van der Waals surface area contributed by atoms with E-state index < -0.39 is 46.1 Å². The average molecular weight is 759 g/mol. The predicted molar refractivity (Wildman–Crippen MR) is 199 cm³/mol. The molecule has 0 spiro atoms. The van der Waals surface area contributed by atoms with Gasteiger partial charge in [0.15, 0.2) is 5.11 Å². The monoisotopic (exact) mass is 758 g/mol. The van der Waals surface area contributed by atoms with Gasteiger partial charge >= 0.3 is 6.18 Å². The van der Waals surface area contributed by atoms with E-state index in [1.54, 1.807) is 24.8 Å². The summed E-state index contributed by atoms with van der Waals surface area (Å²) in [6.45, 7) is 13.0. The van der Waals surface area contributed by atoms with Gasteiger partial charge in [0, 0.05) is 25.4 Å². The zero-order valence-electron chi connectivity index (χ0n) is 30.9. The molecule has 0 aliphatic carbocycles. The molecule has 2 aromatic rings. The van der Waals surface area contributed by atoms with E-state index in [-0.39, 0.29) is 23.3 Å². The molecule has 0 radical (unpaired) electrons. The molecule has 2 fully saturated rings. The van der Waals surface area contributed by atoms with E-state index in [9.17, 15) is 32.8 Å². The van der Waals surface area contributed by atoms with Gasteiger partial charge in [-0.15, -0.1) is 0 Å². The zero-order valence-corrected chi connectivity index (χ0v) is 31.7. The fourth-order valence-corrected chi connectivity index (χ4v) is 7.15. The maximum absolute atomic E-state index is 13.7. The van der Waals surface area contributed by atoms with Crippen LogP contribution in [0.4, 0.5) is 24.5 Å². The van der Waals surface area contributed by atoms with Gasteiger partial charge in [0.2, 0.25) is 11.8 Å². The second kappa shape index (κ2) is 17.4. The molecular weight excluding hydrogens is 710 g/mol. The molecule has 2 aromatic carbocycles. The molecule has 3 N–H and O–H groups in total. The van der Waals surface area contributed by atoms with Crippen LogP contribution in [-0.2, 0) is 30.0 Å². The summed E-state index contributed by atoms with van der Waals surface area (Å²) in [5, 5.41) is 11.9. The highest BCUT2D eigenvalue weighted by atomic mass is 32.1. The molecular formula is C38H49F3N6O5S. The number of benzene rings is 2. The first-order valence-corrected chi connectivity index (χ1v) is 18.1. The normalized spacial score (nSPS) is 17.6. The predicted octanol–water partition coefficient (Wildman–Crippen LogP) is 5.50. The number of thiocarbonyl (C=S) groups is 1. The van der Waals surface area contributed by atoms with Crippen LogP contribution in [0.5, 0.6) is 0 Å². The summed E-state index contributed by atoms with van der Waals surface area (Å²) >= 11 is 5.67. The van der Waals surface area contributed by atoms with Gasteiger partial charge in [-0.2, -0.15) is 18.4 Å². The third-order valence-electron chi connectivity index (χ3n) is 9.63. The number of nitrogens with two attached hydrogens (primary N) is 1. The number of unbranched alkanes of at least 4 members (excludes halogenated alkanes) is 1. The Morgan fingerprint density at radius 2 is 1.62 bits per heavy atom. The van der Waals surface area contributed by atoms with Gasteiger partial charge in [-0.3, -0.25) is 19.3 Å². The first-order chi connectivity index (χ1) is 24.9. The number of piperidine rings is 1. The number of nitriles is 1. The van der Waals surface area contributed by atoms with Crippen LogP contribution < -0.4 is 20.9 Å². The largest absolute Gasteiger partial charge is 0.417 e. The maximum atomic E-state index is 13.7. The third-order valence-corrected chi connectivity index (χ3v) is 10.00. The van der Waals surface area contributed by atoms with Crippen molar-refractivity contribution in [3.8, 4) is 6.07 Å². The average Bonchev–Trinajstić information content (AvgIpc) is 3.27. The van der Waals surface area contributed by atoms with Gasteiger partial charge in [-0.1, -0.05) is 32.9 Å². The molecule has 0 unspecified atom stereocenters. The number of anilines is 2. The third kappa shape index (κ3) is 10.3. The highest BCUT2D eigenvalue weighted by Crippen LogP contribution is 2.40. The molecule has 0 bridgehead atoms. The smallest absolute Gasteiger partial charge is 0.380 e. The van der Waals surface area contributed by atoms with Gasteiger partial charge in [-0.05, 0) is 112 Å². The molecule has 2 aliphatic rings. The zero-order chi connectivity index (χ0) is 39.1. The van der Waals surface area contributed by atoms with Crippen molar-refractivity contribution in [3.05, 3.63) is 59.2 Å². The summed E-state index contributed by atoms with van der Waals surface area (Å²) in [7, 11) is 0. The van der Waals surface area contributed by atoms with Crippen molar-refractivity contribution in [1.29, 1.82) is 5.26 Å². The molecule has 0 aromatic heterocycles. The lowest BCUT2D eigenvalue weighted by molar-refractivity contribution is -0.137. The van der Waals surface area contributed by atoms with Crippen LogP contribution >= 0.6 is 12.2 Å². The lowest BCUT2D eigenvalue weighted by Gasteiger charge is -2.33. The second-order valence-electron chi connectivity index (χ2n) is 15.0. The van der Waals surface area contributed by atoms with E-state index in [2.05, 4.69) is 10.2 Å². The molecule has 288 valence electrons. The van der Waals surface area contributed by atoms with Crippen molar-refractivity contribution >= 4 is 46.4 Å². The molecule has 15 heteroatoms. The Morgan fingerprint density at radius 3 is 2.19 bits per heavy atom. The molecule has 4 rings (SSSR count). The van der Waals surface area contributed by atoms with Crippen molar-refractivity contribution in [1.82, 2.24) is 10.2 Å². The summed E-state index contributed by atoms with van der Waals surface area (Å²) in [4.78, 5) is 42.4. The van der Waals surface area contributed by atoms with Gasteiger partial charge in [-0.25, -0.2) is 0 Å². The summed E-state index contributed by atoms with van der Waals surface area (Å²) in [5.41, 5.74) is 3.89. The highest BCUT2D eigenvalue weighted by molar-refractivity contribution is 7.81. The lowest BCUT2D eigenvalue weighted by atomic mass is 9.86. The highest BCUT2D eigenvalue weighted by Gasteiger charge is 2.50. The first-order valence-electron chi connectivity index (χ1n) is 17.7. The molecule has 3 amide bonds. The number of likely N-dealkylation sites (tertiary alicyclic amines) is 1. The Morgan fingerprint density at radius 1 is 1.02 bits per heavy atom. The minimum atomic E-state index is -4.77. The topological polar surface area (TPSA) is 141 Å². The van der Waals surface area contributed by atoms with Crippen LogP contribution in [0.3, 0.4) is 0 Å². The molecule has 11 nitrogen and oxygen atoms in total. The van der Waals surface area contributed by atoms with Crippen LogP contribution in [0.1, 0.15) is 82.9 Å². The first kappa shape index (κ1) is 41.7. The van der Waals surface area contributed by atoms with Crippen LogP contribution in [0.25, 0.3) is 0 Å². The van der Waals surface area contributed by atoms with Crippen LogP contribution in [0.2, 0.25) is 0 Å². The summed E-state index contributed by atoms with van der Waals surface area (Å²) in [6, 6.07) is 11.8. The van der Waals surface area contributed by atoms with Crippen molar-refractivity contribution in [2.75, 3.05) is 55.9 Å². The van der Waals surface area contributed by atoms with E-state index >= 15 is 0 Å². The summed E-state index contributed by atoms with van der Waals surface area (Å²) < 4.78 is 52.3. The molecule has 2 aliphatic heterocycles. The number of carbonyl (C=O) groups is 3. The second-order valence-corrected chi connectivity index (χ2v) is 15.4. The summed E-state index contributed by atoms with van der Waals surface area (Å²) in [6.07, 6.45) is -1.29. The van der Waals surface area contributed by atoms with Crippen molar-refractivity contribution in [3.63, 3.8) is 0 Å². The SMILES string of the molecule is CC(C)(C)[C@H](NC(=O)COCCCCOCCN1CCC(c2ccc(N3C(=S)N(c4ccc(C#N)c(C(F)(F)F)c4)C(=O)C3(C)C)cc2)CC1)C(N)=O. The Kier molecular flexibility index (Phi) is 13.6. The number of nitrogens with zero attached hydrogens (tertiary/aromatic N) is 4. The van der Waals surface area contributed by atoms with Crippen LogP contribution in [0, 0.1) is 16.7 Å². The molecule has 53 heavy (non-hydrogen) atoms. The summed E-state index contributed by atoms with van der Waals surface area (Å²) in [5.74, 6) is -1.07. The molecule has 2 heterocycles. The van der Waals surface area contributed by atoms with E-state index in [0.717, 1.165) is 62.4 Å². The van der Waals surface area contributed by atoms with Gasteiger partial charge in [0.1, 0.15) is 18.2 Å². The number of hydrogen-bond donors (Lipinski definition) is 2.